The van der Waals surface area contributed by atoms with Crippen molar-refractivity contribution in [2.45, 2.75) is 83.3 Å². The Labute approximate surface area is 256 Å². The second-order valence-electron chi connectivity index (χ2n) is 11.6. The monoisotopic (exact) mass is 605 g/mol. The summed E-state index contributed by atoms with van der Waals surface area (Å²) in [5.41, 5.74) is 3.84. The number of hydrogen-bond acceptors (Lipinski definition) is 5. The molecule has 1 aliphatic carbocycles. The number of sulfonamides is 1. The van der Waals surface area contributed by atoms with E-state index < -0.39 is 28.5 Å². The fourth-order valence-electron chi connectivity index (χ4n) is 5.58. The van der Waals surface area contributed by atoms with Gasteiger partial charge in [-0.2, -0.15) is 0 Å². The van der Waals surface area contributed by atoms with Crippen LogP contribution in [-0.2, 0) is 26.2 Å². The third kappa shape index (κ3) is 8.16. The lowest BCUT2D eigenvalue weighted by molar-refractivity contribution is -0.139. The van der Waals surface area contributed by atoms with Gasteiger partial charge in [0.1, 0.15) is 18.3 Å². The number of nitrogens with zero attached hydrogens (tertiary/aromatic N) is 2. The zero-order valence-corrected chi connectivity index (χ0v) is 26.6. The SMILES string of the molecule is COc1cccc(CN(C(=O)CN(c2cc(C)cc(C)c2)S(=O)(=O)c2ccc(C)cc2)[C@@H](C)C(=O)NC2CCCCC2)c1. The highest BCUT2D eigenvalue weighted by Gasteiger charge is 2.33. The van der Waals surface area contributed by atoms with E-state index >= 15 is 0 Å². The standard InChI is InChI=1S/C34H43N3O5S/c1-24-14-16-32(17-15-24)43(40,41)37(30-19-25(2)18-26(3)20-30)23-33(38)36(22-28-10-9-13-31(21-28)42-5)27(4)34(39)35-29-11-7-6-8-12-29/h9-10,13-21,27,29H,6-8,11-12,22-23H2,1-5H3,(H,35,39)/t27-/m0/s1. The van der Waals surface area contributed by atoms with Crippen LogP contribution in [0.25, 0.3) is 0 Å². The van der Waals surface area contributed by atoms with Crippen LogP contribution in [0.3, 0.4) is 0 Å². The van der Waals surface area contributed by atoms with Crippen LogP contribution in [0.1, 0.15) is 61.3 Å². The first-order chi connectivity index (χ1) is 20.5. The minimum Gasteiger partial charge on any atom is -0.497 e. The van der Waals surface area contributed by atoms with Crippen molar-refractivity contribution in [3.8, 4) is 5.75 Å². The Kier molecular flexibility index (Phi) is 10.5. The molecule has 0 spiro atoms. The Morgan fingerprint density at radius 3 is 2.19 bits per heavy atom. The van der Waals surface area contributed by atoms with E-state index in [2.05, 4.69) is 5.32 Å². The van der Waals surface area contributed by atoms with Gasteiger partial charge in [-0.15, -0.1) is 0 Å². The highest BCUT2D eigenvalue weighted by molar-refractivity contribution is 7.92. The molecule has 1 N–H and O–H groups in total. The van der Waals surface area contributed by atoms with Gasteiger partial charge in [-0.05, 0) is 93.6 Å². The molecule has 9 heteroatoms. The lowest BCUT2D eigenvalue weighted by Crippen LogP contribution is -2.53. The summed E-state index contributed by atoms with van der Waals surface area (Å²) in [7, 11) is -2.55. The maximum absolute atomic E-state index is 14.2. The van der Waals surface area contributed by atoms with E-state index in [0.717, 1.165) is 58.7 Å². The molecule has 4 rings (SSSR count). The molecule has 0 heterocycles. The number of ether oxygens (including phenoxy) is 1. The van der Waals surface area contributed by atoms with Gasteiger partial charge in [0.05, 0.1) is 17.7 Å². The van der Waals surface area contributed by atoms with Crippen molar-refractivity contribution in [3.63, 3.8) is 0 Å². The molecule has 3 aromatic carbocycles. The van der Waals surface area contributed by atoms with E-state index in [0.29, 0.717) is 11.4 Å². The van der Waals surface area contributed by atoms with Crippen molar-refractivity contribution in [1.82, 2.24) is 10.2 Å². The van der Waals surface area contributed by atoms with Gasteiger partial charge >= 0.3 is 0 Å². The van der Waals surface area contributed by atoms with Crippen molar-refractivity contribution in [3.05, 3.63) is 89.0 Å². The summed E-state index contributed by atoms with van der Waals surface area (Å²) in [5, 5.41) is 3.13. The van der Waals surface area contributed by atoms with Gasteiger partial charge in [-0.1, -0.05) is 55.2 Å². The molecule has 2 amide bonds. The van der Waals surface area contributed by atoms with Crippen molar-refractivity contribution in [1.29, 1.82) is 0 Å². The Hall–Kier alpha value is -3.85. The fraction of sp³-hybridized carbons (Fsp3) is 0.412. The number of anilines is 1. The Morgan fingerprint density at radius 2 is 1.56 bits per heavy atom. The topological polar surface area (TPSA) is 96.0 Å². The fourth-order valence-corrected chi connectivity index (χ4v) is 6.98. The van der Waals surface area contributed by atoms with Crippen molar-refractivity contribution >= 4 is 27.5 Å². The average molecular weight is 606 g/mol. The molecule has 3 aromatic rings. The van der Waals surface area contributed by atoms with Crippen LogP contribution in [0.4, 0.5) is 5.69 Å². The molecule has 0 aliphatic heterocycles. The zero-order valence-electron chi connectivity index (χ0n) is 25.8. The first-order valence-electron chi connectivity index (χ1n) is 14.9. The first-order valence-corrected chi connectivity index (χ1v) is 16.3. The minimum atomic E-state index is -4.12. The summed E-state index contributed by atoms with van der Waals surface area (Å²) in [6, 6.07) is 18.6. The van der Waals surface area contributed by atoms with Gasteiger partial charge in [-0.3, -0.25) is 13.9 Å². The third-order valence-corrected chi connectivity index (χ3v) is 9.78. The Balaban J connectivity index is 1.71. The molecule has 230 valence electrons. The number of rotatable bonds is 11. The van der Waals surface area contributed by atoms with Gasteiger partial charge in [0, 0.05) is 12.6 Å². The largest absolute Gasteiger partial charge is 0.497 e. The number of benzene rings is 3. The van der Waals surface area contributed by atoms with Gasteiger partial charge in [0.2, 0.25) is 11.8 Å². The number of nitrogens with one attached hydrogen (secondary N) is 1. The predicted molar refractivity (Wildman–Crippen MR) is 170 cm³/mol. The number of aryl methyl sites for hydroxylation is 3. The van der Waals surface area contributed by atoms with Crippen LogP contribution in [-0.4, -0.2) is 50.9 Å². The molecule has 43 heavy (non-hydrogen) atoms. The van der Waals surface area contributed by atoms with Crippen LogP contribution in [0, 0.1) is 20.8 Å². The number of methoxy groups -OCH3 is 1. The van der Waals surface area contributed by atoms with Crippen molar-refractivity contribution < 1.29 is 22.7 Å². The second kappa shape index (κ2) is 14.1. The molecule has 8 nitrogen and oxygen atoms in total. The number of amides is 2. The summed E-state index contributed by atoms with van der Waals surface area (Å²) in [6.45, 7) is 7.01. The van der Waals surface area contributed by atoms with Crippen molar-refractivity contribution in [2.75, 3.05) is 18.0 Å². The summed E-state index contributed by atoms with van der Waals surface area (Å²) in [5.74, 6) is -0.102. The van der Waals surface area contributed by atoms with Crippen molar-refractivity contribution in [2.24, 2.45) is 0 Å². The highest BCUT2D eigenvalue weighted by Crippen LogP contribution is 2.27. The second-order valence-corrected chi connectivity index (χ2v) is 13.4. The number of carbonyl (C=O) groups is 2. The van der Waals surface area contributed by atoms with E-state index in [-0.39, 0.29) is 23.4 Å². The third-order valence-electron chi connectivity index (χ3n) is 7.99. The molecule has 0 bridgehead atoms. The maximum atomic E-state index is 14.2. The van der Waals surface area contributed by atoms with Crippen LogP contribution < -0.4 is 14.4 Å². The van der Waals surface area contributed by atoms with Crippen LogP contribution in [0.15, 0.2) is 71.6 Å². The lowest BCUT2D eigenvalue weighted by Gasteiger charge is -2.33. The molecular formula is C34H43N3O5S. The van der Waals surface area contributed by atoms with Gasteiger partial charge < -0.3 is 15.0 Å². The smallest absolute Gasteiger partial charge is 0.264 e. The molecule has 1 aliphatic rings. The normalized spacial score (nSPS) is 14.5. The molecule has 0 unspecified atom stereocenters. The number of hydrogen-bond donors (Lipinski definition) is 1. The summed E-state index contributed by atoms with van der Waals surface area (Å²) < 4.78 is 34.7. The maximum Gasteiger partial charge on any atom is 0.264 e. The first kappa shape index (κ1) is 32.1. The molecular weight excluding hydrogens is 562 g/mol. The highest BCUT2D eigenvalue weighted by atomic mass is 32.2. The number of carbonyl (C=O) groups excluding carboxylic acids is 2. The predicted octanol–water partition coefficient (Wildman–Crippen LogP) is 5.68. The quantitative estimate of drug-likeness (QED) is 0.303. The van der Waals surface area contributed by atoms with Gasteiger partial charge in [0.15, 0.2) is 0 Å². The molecule has 1 saturated carbocycles. The van der Waals surface area contributed by atoms with Gasteiger partial charge in [-0.25, -0.2) is 8.42 Å². The Bertz CT molecular complexity index is 1510. The summed E-state index contributed by atoms with van der Waals surface area (Å²) >= 11 is 0. The van der Waals surface area contributed by atoms with E-state index in [1.54, 1.807) is 50.4 Å². The summed E-state index contributed by atoms with van der Waals surface area (Å²) in [4.78, 5) is 29.3. The van der Waals surface area contributed by atoms with Crippen LogP contribution in [0.5, 0.6) is 5.75 Å². The van der Waals surface area contributed by atoms with Crippen LogP contribution >= 0.6 is 0 Å². The van der Waals surface area contributed by atoms with E-state index in [4.69, 9.17) is 4.74 Å². The van der Waals surface area contributed by atoms with Crippen LogP contribution in [0.2, 0.25) is 0 Å². The molecule has 1 atom stereocenters. The minimum absolute atomic E-state index is 0.0751. The van der Waals surface area contributed by atoms with E-state index in [9.17, 15) is 18.0 Å². The molecule has 0 aromatic heterocycles. The lowest BCUT2D eigenvalue weighted by atomic mass is 9.95. The average Bonchev–Trinajstić information content (AvgIpc) is 2.98. The van der Waals surface area contributed by atoms with E-state index in [1.807, 2.05) is 51.1 Å². The molecule has 1 fully saturated rings. The molecule has 0 saturated heterocycles. The summed E-state index contributed by atoms with van der Waals surface area (Å²) in [6.07, 6.45) is 5.11. The molecule has 0 radical (unpaired) electrons. The van der Waals surface area contributed by atoms with Gasteiger partial charge in [0.25, 0.3) is 10.0 Å². The van der Waals surface area contributed by atoms with E-state index in [1.165, 1.54) is 4.90 Å². The zero-order chi connectivity index (χ0) is 31.1. The Morgan fingerprint density at radius 1 is 0.907 bits per heavy atom.